The van der Waals surface area contributed by atoms with Crippen molar-refractivity contribution in [3.8, 4) is 11.5 Å². The third kappa shape index (κ3) is 5.00. The Bertz CT molecular complexity index is 730. The number of hydrogen-bond donors (Lipinski definition) is 0. The molecule has 0 spiro atoms. The monoisotopic (exact) mass is 360 g/mol. The molecule has 0 N–H and O–H groups in total. The Hall–Kier alpha value is -2.47. The molecule has 0 aliphatic carbocycles. The maximum atomic E-state index is 12.4. The standard InChI is InChI=1S/C19H20O5S/c1-22-15-10-9-13(11-16(15)23-2)12-17(18(20)24-3)25-19(21)14-7-5-4-6-8-14/h4-11,17H,12H2,1-3H3. The number of hydrogen-bond acceptors (Lipinski definition) is 6. The highest BCUT2D eigenvalue weighted by Crippen LogP contribution is 2.30. The summed E-state index contributed by atoms with van der Waals surface area (Å²) in [6, 6.07) is 14.3. The molecule has 0 saturated heterocycles. The summed E-state index contributed by atoms with van der Waals surface area (Å²) in [5.41, 5.74) is 1.40. The van der Waals surface area contributed by atoms with Crippen LogP contribution in [0.2, 0.25) is 0 Å². The van der Waals surface area contributed by atoms with Gasteiger partial charge in [-0.1, -0.05) is 48.2 Å². The highest BCUT2D eigenvalue weighted by Gasteiger charge is 2.25. The van der Waals surface area contributed by atoms with Gasteiger partial charge < -0.3 is 14.2 Å². The molecule has 0 fully saturated rings. The van der Waals surface area contributed by atoms with Crippen molar-refractivity contribution in [1.82, 2.24) is 0 Å². The molecule has 0 heterocycles. The molecule has 0 aromatic heterocycles. The summed E-state index contributed by atoms with van der Waals surface area (Å²) in [5.74, 6) is 0.737. The molecule has 132 valence electrons. The van der Waals surface area contributed by atoms with E-state index in [1.807, 2.05) is 12.1 Å². The Kier molecular flexibility index (Phi) is 6.89. The topological polar surface area (TPSA) is 61.8 Å². The summed E-state index contributed by atoms with van der Waals surface area (Å²) in [4.78, 5) is 24.5. The van der Waals surface area contributed by atoms with Crippen molar-refractivity contribution in [2.75, 3.05) is 21.3 Å². The smallest absolute Gasteiger partial charge is 0.319 e. The fourth-order valence-electron chi connectivity index (χ4n) is 2.30. The highest BCUT2D eigenvalue weighted by molar-refractivity contribution is 8.15. The second kappa shape index (κ2) is 9.13. The van der Waals surface area contributed by atoms with E-state index in [9.17, 15) is 9.59 Å². The van der Waals surface area contributed by atoms with E-state index < -0.39 is 11.2 Å². The largest absolute Gasteiger partial charge is 0.493 e. The predicted octanol–water partition coefficient (Wildman–Crippen LogP) is 3.36. The van der Waals surface area contributed by atoms with Crippen LogP contribution in [0.4, 0.5) is 0 Å². The minimum absolute atomic E-state index is 0.170. The number of esters is 1. The fraction of sp³-hybridized carbons (Fsp3) is 0.263. The molecule has 6 heteroatoms. The van der Waals surface area contributed by atoms with Crippen molar-refractivity contribution < 1.29 is 23.8 Å². The molecule has 0 amide bonds. The van der Waals surface area contributed by atoms with Gasteiger partial charge in [-0.3, -0.25) is 9.59 Å². The third-order valence-electron chi connectivity index (χ3n) is 3.59. The Labute approximate surface area is 151 Å². The lowest BCUT2D eigenvalue weighted by atomic mass is 10.1. The quantitative estimate of drug-likeness (QED) is 0.706. The molecule has 0 aliphatic rings. The Morgan fingerprint density at radius 3 is 2.24 bits per heavy atom. The molecular formula is C19H20O5S. The highest BCUT2D eigenvalue weighted by atomic mass is 32.2. The fourth-order valence-corrected chi connectivity index (χ4v) is 3.30. The van der Waals surface area contributed by atoms with Gasteiger partial charge in [0.25, 0.3) is 0 Å². The second-order valence-electron chi connectivity index (χ2n) is 5.18. The summed E-state index contributed by atoms with van der Waals surface area (Å²) < 4.78 is 15.3. The number of benzene rings is 2. The van der Waals surface area contributed by atoms with E-state index in [-0.39, 0.29) is 5.12 Å². The number of ether oxygens (including phenoxy) is 3. The van der Waals surface area contributed by atoms with E-state index >= 15 is 0 Å². The van der Waals surface area contributed by atoms with Crippen molar-refractivity contribution in [2.45, 2.75) is 11.7 Å². The molecule has 2 rings (SSSR count). The van der Waals surface area contributed by atoms with Gasteiger partial charge in [-0.15, -0.1) is 0 Å². The van der Waals surface area contributed by atoms with Crippen LogP contribution in [0.5, 0.6) is 11.5 Å². The predicted molar refractivity (Wildman–Crippen MR) is 97.4 cm³/mol. The van der Waals surface area contributed by atoms with Crippen LogP contribution in [-0.2, 0) is 16.0 Å². The average molecular weight is 360 g/mol. The lowest BCUT2D eigenvalue weighted by Crippen LogP contribution is -2.23. The van der Waals surface area contributed by atoms with E-state index in [1.165, 1.54) is 7.11 Å². The van der Waals surface area contributed by atoms with Gasteiger partial charge in [0.15, 0.2) is 11.5 Å². The molecule has 2 aromatic rings. The van der Waals surface area contributed by atoms with E-state index in [2.05, 4.69) is 0 Å². The zero-order valence-corrected chi connectivity index (χ0v) is 15.2. The molecule has 0 saturated carbocycles. The normalized spacial score (nSPS) is 11.5. The van der Waals surface area contributed by atoms with Crippen molar-refractivity contribution in [3.63, 3.8) is 0 Å². The van der Waals surface area contributed by atoms with Gasteiger partial charge in [0.1, 0.15) is 5.25 Å². The molecular weight excluding hydrogens is 340 g/mol. The van der Waals surface area contributed by atoms with Gasteiger partial charge in [-0.05, 0) is 24.1 Å². The summed E-state index contributed by atoms with van der Waals surface area (Å²) in [6.45, 7) is 0. The first-order valence-electron chi connectivity index (χ1n) is 7.63. The summed E-state index contributed by atoms with van der Waals surface area (Å²) >= 11 is 0.963. The molecule has 0 radical (unpaired) electrons. The van der Waals surface area contributed by atoms with Gasteiger partial charge in [-0.2, -0.15) is 0 Å². The number of thioether (sulfide) groups is 1. The minimum atomic E-state index is -0.643. The maximum absolute atomic E-state index is 12.4. The van der Waals surface area contributed by atoms with E-state index in [1.54, 1.807) is 50.6 Å². The van der Waals surface area contributed by atoms with Crippen molar-refractivity contribution in [1.29, 1.82) is 0 Å². The molecule has 1 unspecified atom stereocenters. The zero-order valence-electron chi connectivity index (χ0n) is 14.4. The van der Waals surface area contributed by atoms with Crippen LogP contribution in [0.3, 0.4) is 0 Å². The number of methoxy groups -OCH3 is 3. The van der Waals surface area contributed by atoms with Gasteiger partial charge >= 0.3 is 5.97 Å². The van der Waals surface area contributed by atoms with Gasteiger partial charge in [0, 0.05) is 5.56 Å². The molecule has 25 heavy (non-hydrogen) atoms. The Morgan fingerprint density at radius 1 is 0.960 bits per heavy atom. The van der Waals surface area contributed by atoms with E-state index in [4.69, 9.17) is 14.2 Å². The van der Waals surface area contributed by atoms with Crippen LogP contribution in [0, 0.1) is 0 Å². The van der Waals surface area contributed by atoms with Crippen LogP contribution < -0.4 is 9.47 Å². The van der Waals surface area contributed by atoms with Crippen molar-refractivity contribution in [2.24, 2.45) is 0 Å². The first-order chi connectivity index (χ1) is 12.1. The van der Waals surface area contributed by atoms with Crippen molar-refractivity contribution >= 4 is 22.8 Å². The summed E-state index contributed by atoms with van der Waals surface area (Å²) in [5, 5.41) is -0.813. The molecule has 0 bridgehead atoms. The SMILES string of the molecule is COC(=O)C(Cc1ccc(OC)c(OC)c1)SC(=O)c1ccccc1. The van der Waals surface area contributed by atoms with E-state index in [0.29, 0.717) is 23.5 Å². The Morgan fingerprint density at radius 2 is 1.64 bits per heavy atom. The molecule has 1 atom stereocenters. The number of carbonyl (C=O) groups is 2. The van der Waals surface area contributed by atoms with Gasteiger partial charge in [0.05, 0.1) is 21.3 Å². The van der Waals surface area contributed by atoms with Crippen LogP contribution in [-0.4, -0.2) is 37.7 Å². The van der Waals surface area contributed by atoms with Crippen LogP contribution in [0.15, 0.2) is 48.5 Å². The Balaban J connectivity index is 2.18. The van der Waals surface area contributed by atoms with Gasteiger partial charge in [0.2, 0.25) is 5.12 Å². The van der Waals surface area contributed by atoms with E-state index in [0.717, 1.165) is 17.3 Å². The molecule has 2 aromatic carbocycles. The third-order valence-corrected chi connectivity index (χ3v) is 4.69. The summed E-state index contributed by atoms with van der Waals surface area (Å²) in [7, 11) is 4.42. The number of carbonyl (C=O) groups excluding carboxylic acids is 2. The number of rotatable bonds is 7. The average Bonchev–Trinajstić information content (AvgIpc) is 2.67. The van der Waals surface area contributed by atoms with Crippen LogP contribution in [0.1, 0.15) is 15.9 Å². The molecule has 0 aliphatic heterocycles. The molecule has 5 nitrogen and oxygen atoms in total. The maximum Gasteiger partial charge on any atom is 0.319 e. The lowest BCUT2D eigenvalue weighted by molar-refractivity contribution is -0.139. The lowest BCUT2D eigenvalue weighted by Gasteiger charge is -2.15. The van der Waals surface area contributed by atoms with Crippen LogP contribution in [0.25, 0.3) is 0 Å². The first-order valence-corrected chi connectivity index (χ1v) is 8.51. The second-order valence-corrected chi connectivity index (χ2v) is 6.35. The van der Waals surface area contributed by atoms with Gasteiger partial charge in [-0.25, -0.2) is 0 Å². The summed E-state index contributed by atoms with van der Waals surface area (Å²) in [6.07, 6.45) is 0.344. The first kappa shape index (κ1) is 18.9. The minimum Gasteiger partial charge on any atom is -0.493 e. The zero-order chi connectivity index (χ0) is 18.2. The van der Waals surface area contributed by atoms with Crippen LogP contribution >= 0.6 is 11.8 Å². The van der Waals surface area contributed by atoms with Crippen molar-refractivity contribution in [3.05, 3.63) is 59.7 Å².